The molecule has 0 aliphatic carbocycles. The Kier molecular flexibility index (Phi) is 5.57. The molecule has 0 N–H and O–H groups in total. The number of imidazole rings is 1. The van der Waals surface area contributed by atoms with Gasteiger partial charge in [0.25, 0.3) is 0 Å². The lowest BCUT2D eigenvalue weighted by atomic mass is 10.1. The van der Waals surface area contributed by atoms with E-state index in [4.69, 9.17) is 4.74 Å². The van der Waals surface area contributed by atoms with Gasteiger partial charge in [0, 0.05) is 24.8 Å². The number of hydrogen-bond donors (Lipinski definition) is 0. The third kappa shape index (κ3) is 4.01. The summed E-state index contributed by atoms with van der Waals surface area (Å²) in [5.74, 6) is 8.27. The van der Waals surface area contributed by atoms with E-state index in [2.05, 4.69) is 38.4 Å². The maximum atomic E-state index is 5.31. The van der Waals surface area contributed by atoms with Crippen molar-refractivity contribution < 1.29 is 4.74 Å². The van der Waals surface area contributed by atoms with Gasteiger partial charge in [0.15, 0.2) is 5.82 Å². The van der Waals surface area contributed by atoms with Crippen molar-refractivity contribution in [2.75, 3.05) is 13.4 Å². The van der Waals surface area contributed by atoms with Gasteiger partial charge in [0.2, 0.25) is 0 Å². The summed E-state index contributed by atoms with van der Waals surface area (Å²) in [6.45, 7) is 5.49. The minimum atomic E-state index is 0.628. The molecule has 6 nitrogen and oxygen atoms in total. The smallest absolute Gasteiger partial charge is 0.186 e. The van der Waals surface area contributed by atoms with Crippen LogP contribution in [-0.2, 0) is 7.05 Å². The van der Waals surface area contributed by atoms with Gasteiger partial charge in [-0.15, -0.1) is 11.8 Å². The van der Waals surface area contributed by atoms with E-state index in [0.717, 1.165) is 27.4 Å². The average molecular weight is 377 g/mol. The van der Waals surface area contributed by atoms with Crippen LogP contribution in [0.3, 0.4) is 0 Å². The van der Waals surface area contributed by atoms with Crippen molar-refractivity contribution in [2.24, 2.45) is 12.0 Å². The molecule has 1 aromatic carbocycles. The van der Waals surface area contributed by atoms with Crippen LogP contribution in [-0.4, -0.2) is 37.9 Å². The Bertz CT molecular complexity index is 1100. The van der Waals surface area contributed by atoms with Crippen LogP contribution in [0, 0.1) is 18.8 Å². The second-order valence-electron chi connectivity index (χ2n) is 5.63. The highest BCUT2D eigenvalue weighted by atomic mass is 32.2. The van der Waals surface area contributed by atoms with Gasteiger partial charge in [0.05, 0.1) is 12.6 Å². The van der Waals surface area contributed by atoms with Crippen LogP contribution >= 0.6 is 11.8 Å². The van der Waals surface area contributed by atoms with Crippen molar-refractivity contribution in [3.63, 3.8) is 0 Å². The number of rotatable bonds is 3. The summed E-state index contributed by atoms with van der Waals surface area (Å²) in [5, 5.41) is 1.64. The van der Waals surface area contributed by atoms with Gasteiger partial charge in [-0.1, -0.05) is 6.58 Å². The summed E-state index contributed by atoms with van der Waals surface area (Å²) in [6.07, 6.45) is 5.36. The SMILES string of the molecule is C=CN=C(SC)c1cn(C)c(C#Cc2nc(C)nc3ccc(OC)cc23)n1. The van der Waals surface area contributed by atoms with Crippen LogP contribution in [0.2, 0.25) is 0 Å². The first-order valence-corrected chi connectivity index (χ1v) is 9.39. The lowest BCUT2D eigenvalue weighted by molar-refractivity contribution is 0.415. The van der Waals surface area contributed by atoms with Gasteiger partial charge < -0.3 is 9.30 Å². The highest BCUT2D eigenvalue weighted by Crippen LogP contribution is 2.21. The Labute approximate surface area is 162 Å². The third-order valence-corrected chi connectivity index (χ3v) is 4.51. The summed E-state index contributed by atoms with van der Waals surface area (Å²) in [6, 6.07) is 5.68. The minimum Gasteiger partial charge on any atom is -0.497 e. The van der Waals surface area contributed by atoms with Gasteiger partial charge in [0.1, 0.15) is 28.0 Å². The molecule has 0 bridgehead atoms. The van der Waals surface area contributed by atoms with Gasteiger partial charge >= 0.3 is 0 Å². The molecule has 0 radical (unpaired) electrons. The molecular formula is C20H19N5OS. The Hall–Kier alpha value is -3.11. The van der Waals surface area contributed by atoms with E-state index in [1.165, 1.54) is 18.0 Å². The number of benzene rings is 1. The highest BCUT2D eigenvalue weighted by molar-refractivity contribution is 8.13. The number of nitrogens with zero attached hydrogens (tertiary/aromatic N) is 5. The second kappa shape index (κ2) is 8.06. The molecule has 0 aliphatic heterocycles. The minimum absolute atomic E-state index is 0.628. The molecule has 0 saturated carbocycles. The van der Waals surface area contributed by atoms with E-state index in [1.807, 2.05) is 49.2 Å². The predicted molar refractivity (Wildman–Crippen MR) is 110 cm³/mol. The maximum absolute atomic E-state index is 5.31. The summed E-state index contributed by atoms with van der Waals surface area (Å²) in [7, 11) is 3.53. The van der Waals surface area contributed by atoms with Gasteiger partial charge in [-0.25, -0.2) is 19.9 Å². The Balaban J connectivity index is 2.07. The lowest BCUT2D eigenvalue weighted by Gasteiger charge is -2.04. The van der Waals surface area contributed by atoms with E-state index in [0.29, 0.717) is 17.3 Å². The zero-order chi connectivity index (χ0) is 19.4. The molecule has 7 heteroatoms. The summed E-state index contributed by atoms with van der Waals surface area (Å²) in [5.41, 5.74) is 2.24. The van der Waals surface area contributed by atoms with Gasteiger partial charge in [-0.2, -0.15) is 0 Å². The van der Waals surface area contributed by atoms with E-state index in [1.54, 1.807) is 7.11 Å². The normalized spacial score (nSPS) is 11.2. The van der Waals surface area contributed by atoms with E-state index < -0.39 is 0 Å². The fraction of sp³-hybridized carbons (Fsp3) is 0.200. The Morgan fingerprint density at radius 2 is 2.11 bits per heavy atom. The molecule has 0 saturated heterocycles. The van der Waals surface area contributed by atoms with Gasteiger partial charge in [-0.3, -0.25) is 0 Å². The number of aryl methyl sites for hydroxylation is 2. The average Bonchev–Trinajstić information content (AvgIpc) is 3.04. The first kappa shape index (κ1) is 18.7. The Morgan fingerprint density at radius 1 is 1.30 bits per heavy atom. The quantitative estimate of drug-likeness (QED) is 0.398. The van der Waals surface area contributed by atoms with E-state index in [-0.39, 0.29) is 0 Å². The standard InChI is InChI=1S/C20H19N5OS/c1-6-21-20(27-5)18-12-25(3)19(24-18)10-9-17-15-11-14(26-4)7-8-16(15)22-13(2)23-17/h6-8,11-12H,1H2,2-5H3. The van der Waals surface area contributed by atoms with Crippen LogP contribution in [0.15, 0.2) is 42.2 Å². The number of methoxy groups -OCH3 is 1. The molecular weight excluding hydrogens is 358 g/mol. The second-order valence-corrected chi connectivity index (χ2v) is 6.43. The van der Waals surface area contributed by atoms with Crippen molar-refractivity contribution in [1.29, 1.82) is 0 Å². The molecule has 136 valence electrons. The van der Waals surface area contributed by atoms with Crippen LogP contribution in [0.25, 0.3) is 10.9 Å². The fourth-order valence-electron chi connectivity index (χ4n) is 2.55. The highest BCUT2D eigenvalue weighted by Gasteiger charge is 2.09. The molecule has 0 aliphatic rings. The number of aromatic nitrogens is 4. The van der Waals surface area contributed by atoms with Gasteiger partial charge in [-0.05, 0) is 43.2 Å². The first-order valence-electron chi connectivity index (χ1n) is 8.16. The van der Waals surface area contributed by atoms with Crippen LogP contribution in [0.5, 0.6) is 5.75 Å². The monoisotopic (exact) mass is 377 g/mol. The zero-order valence-corrected chi connectivity index (χ0v) is 16.5. The van der Waals surface area contributed by atoms with Crippen molar-refractivity contribution in [3.05, 3.63) is 60.2 Å². The molecule has 0 unspecified atom stereocenters. The molecule has 2 heterocycles. The lowest BCUT2D eigenvalue weighted by Crippen LogP contribution is -1.96. The van der Waals surface area contributed by atoms with Crippen LogP contribution < -0.4 is 4.74 Å². The maximum Gasteiger partial charge on any atom is 0.186 e. The van der Waals surface area contributed by atoms with Crippen molar-refractivity contribution in [3.8, 4) is 17.6 Å². The van der Waals surface area contributed by atoms with Crippen LogP contribution in [0.1, 0.15) is 23.0 Å². The largest absolute Gasteiger partial charge is 0.497 e. The van der Waals surface area contributed by atoms with Crippen molar-refractivity contribution >= 4 is 27.7 Å². The molecule has 0 spiro atoms. The Morgan fingerprint density at radius 3 is 2.81 bits per heavy atom. The van der Waals surface area contributed by atoms with Crippen LogP contribution in [0.4, 0.5) is 0 Å². The number of fused-ring (bicyclic) bond motifs is 1. The number of hydrogen-bond acceptors (Lipinski definition) is 6. The molecule has 2 aromatic heterocycles. The molecule has 3 rings (SSSR count). The number of aliphatic imine (C=N–C) groups is 1. The number of thioether (sulfide) groups is 1. The van der Waals surface area contributed by atoms with Crippen molar-refractivity contribution in [2.45, 2.75) is 6.92 Å². The first-order chi connectivity index (χ1) is 13.0. The molecule has 27 heavy (non-hydrogen) atoms. The third-order valence-electron chi connectivity index (χ3n) is 3.80. The summed E-state index contributed by atoms with van der Waals surface area (Å²) < 4.78 is 7.18. The van der Waals surface area contributed by atoms with E-state index >= 15 is 0 Å². The predicted octanol–water partition coefficient (Wildman–Crippen LogP) is 3.33. The molecule has 0 fully saturated rings. The fourth-order valence-corrected chi connectivity index (χ4v) is 3.04. The van der Waals surface area contributed by atoms with Crippen molar-refractivity contribution in [1.82, 2.24) is 19.5 Å². The molecule has 0 amide bonds. The number of ether oxygens (including phenoxy) is 1. The summed E-state index contributed by atoms with van der Waals surface area (Å²) in [4.78, 5) is 17.8. The summed E-state index contributed by atoms with van der Waals surface area (Å²) >= 11 is 1.51. The van der Waals surface area contributed by atoms with E-state index in [9.17, 15) is 0 Å². The topological polar surface area (TPSA) is 65.2 Å². The molecule has 0 atom stereocenters. The zero-order valence-electron chi connectivity index (χ0n) is 15.6. The molecule has 3 aromatic rings.